The molecule has 0 saturated heterocycles. The molecule has 0 amide bonds. The Morgan fingerprint density at radius 3 is 0.500 bits per heavy atom. The first-order valence-electron chi connectivity index (χ1n) is 0. The van der Waals surface area contributed by atoms with Crippen molar-refractivity contribution in [3.63, 3.8) is 0 Å². The van der Waals surface area contributed by atoms with Crippen molar-refractivity contribution >= 4 is 37.2 Å². The van der Waals surface area contributed by atoms with Crippen LogP contribution in [0.5, 0.6) is 0 Å². The van der Waals surface area contributed by atoms with Gasteiger partial charge in [-0.05, 0) is 0 Å². The predicted molar refractivity (Wildman–Crippen MR) is 21.7 cm³/mol. The van der Waals surface area contributed by atoms with Gasteiger partial charge < -0.3 is 0 Å². The molecule has 0 heterocycles. The van der Waals surface area contributed by atoms with E-state index in [1.165, 1.54) is 0 Å². The topological polar surface area (TPSA) is 0 Å². The largest absolute Gasteiger partial charge is 0.147 e. The minimum atomic E-state index is 0. The first-order valence-corrected chi connectivity index (χ1v) is 0. The van der Waals surface area contributed by atoms with E-state index in [9.17, 15) is 0 Å². The summed E-state index contributed by atoms with van der Waals surface area (Å²) in [6.07, 6.45) is 0. The molecule has 0 radical (unpaired) electrons. The van der Waals surface area contributed by atoms with Crippen LogP contribution in [0.15, 0.2) is 0 Å². The molecule has 0 fully saturated rings. The Morgan fingerprint density at radius 2 is 0.500 bits per heavy atom. The summed E-state index contributed by atoms with van der Waals surface area (Å²) in [6.45, 7) is 0. The zero-order chi connectivity index (χ0) is 0. The van der Waals surface area contributed by atoms with E-state index in [2.05, 4.69) is 0 Å². The monoisotopic (exact) mass is 160 g/mol. The Labute approximate surface area is 54.7 Å². The second kappa shape index (κ2) is 25.9. The molecule has 0 atom stereocenters. The molecule has 0 saturated carbocycles. The fraction of sp³-hybridized carbons (Fsp3) is 0. The van der Waals surface area contributed by atoms with Gasteiger partial charge in [0.2, 0.25) is 0 Å². The Morgan fingerprint density at radius 1 is 0.500 bits per heavy atom. The van der Waals surface area contributed by atoms with Crippen LogP contribution in [0.2, 0.25) is 0 Å². The molecule has 0 rings (SSSR count). The van der Waals surface area contributed by atoms with Gasteiger partial charge in [-0.2, -0.15) is 0 Å². The van der Waals surface area contributed by atoms with Crippen molar-refractivity contribution in [1.82, 2.24) is 0 Å². The first kappa shape index (κ1) is 53.2. The smallest absolute Gasteiger partial charge is 0 e. The molecule has 0 aromatic carbocycles. The van der Waals surface area contributed by atoms with Crippen LogP contribution in [0.3, 0.4) is 0 Å². The summed E-state index contributed by atoms with van der Waals surface area (Å²) in [6, 6.07) is 0. The van der Waals surface area contributed by atoms with Crippen LogP contribution in [0.1, 0.15) is 0 Å². The maximum atomic E-state index is 0. The molecular formula is H3Cl3Cr. The average molecular weight is 161 g/mol. The number of hydrogen-bond donors (Lipinski definition) is 0. The van der Waals surface area contributed by atoms with E-state index in [0.29, 0.717) is 0 Å². The van der Waals surface area contributed by atoms with Crippen molar-refractivity contribution in [2.75, 3.05) is 0 Å². The number of halogens is 3. The Kier molecular flexibility index (Phi) is 345. The van der Waals surface area contributed by atoms with Crippen LogP contribution in [0.25, 0.3) is 0 Å². The molecule has 0 spiro atoms. The standard InChI is InChI=1S/3ClH.Cr/h3*1H;. The van der Waals surface area contributed by atoms with Crippen molar-refractivity contribution in [3.05, 3.63) is 0 Å². The van der Waals surface area contributed by atoms with Gasteiger partial charge in [0.25, 0.3) is 0 Å². The molecule has 4 heavy (non-hydrogen) atoms. The van der Waals surface area contributed by atoms with Crippen LogP contribution in [-0.2, 0) is 17.4 Å². The van der Waals surface area contributed by atoms with Gasteiger partial charge in [-0.15, -0.1) is 37.2 Å². The third-order valence-corrected chi connectivity index (χ3v) is 0. The van der Waals surface area contributed by atoms with E-state index in [-0.39, 0.29) is 54.6 Å². The van der Waals surface area contributed by atoms with Crippen molar-refractivity contribution in [3.8, 4) is 0 Å². The van der Waals surface area contributed by atoms with Gasteiger partial charge in [0.1, 0.15) is 0 Å². The minimum absolute atomic E-state index is 0. The van der Waals surface area contributed by atoms with Gasteiger partial charge in [0.05, 0.1) is 0 Å². The average Bonchev–Trinajstić information content (AvgIpc) is 0. The number of rotatable bonds is 0. The zero-order valence-electron chi connectivity index (χ0n) is 1.63. The zero-order valence-corrected chi connectivity index (χ0v) is 5.36. The van der Waals surface area contributed by atoms with Crippen LogP contribution in [-0.4, -0.2) is 0 Å². The summed E-state index contributed by atoms with van der Waals surface area (Å²) in [4.78, 5) is 0. The molecule has 0 unspecified atom stereocenters. The van der Waals surface area contributed by atoms with Gasteiger partial charge in [0, 0.05) is 17.4 Å². The maximum Gasteiger partial charge on any atom is 0 e. The van der Waals surface area contributed by atoms with E-state index in [1.54, 1.807) is 0 Å². The van der Waals surface area contributed by atoms with Crippen molar-refractivity contribution in [2.45, 2.75) is 0 Å². The fourth-order valence-corrected chi connectivity index (χ4v) is 0. The molecule has 0 N–H and O–H groups in total. The molecular weight excluding hydrogens is 158 g/mol. The third kappa shape index (κ3) is 9.98. The van der Waals surface area contributed by atoms with Gasteiger partial charge in [-0.1, -0.05) is 0 Å². The SMILES string of the molecule is Cl.Cl.Cl.[Cr]. The Balaban J connectivity index is 0. The van der Waals surface area contributed by atoms with E-state index >= 15 is 0 Å². The molecule has 4 heteroatoms. The Bertz CT molecular complexity index is 3.25. The summed E-state index contributed by atoms with van der Waals surface area (Å²) in [7, 11) is 0. The third-order valence-electron chi connectivity index (χ3n) is 0. The predicted octanol–water partition coefficient (Wildman–Crippen LogP) is 1.26. The normalized spacial score (nSPS) is 0. The summed E-state index contributed by atoms with van der Waals surface area (Å²) in [5.74, 6) is 0. The second-order valence-electron chi connectivity index (χ2n) is 0. The minimum Gasteiger partial charge on any atom is -0.147 e. The van der Waals surface area contributed by atoms with Crippen LogP contribution in [0.4, 0.5) is 0 Å². The molecule has 0 aromatic heterocycles. The molecule has 0 aliphatic carbocycles. The van der Waals surface area contributed by atoms with Crippen LogP contribution >= 0.6 is 37.2 Å². The Hall–Kier alpha value is 1.40. The van der Waals surface area contributed by atoms with E-state index in [4.69, 9.17) is 0 Å². The van der Waals surface area contributed by atoms with Crippen molar-refractivity contribution < 1.29 is 17.4 Å². The van der Waals surface area contributed by atoms with Gasteiger partial charge in [-0.3, -0.25) is 0 Å². The van der Waals surface area contributed by atoms with Gasteiger partial charge in [-0.25, -0.2) is 0 Å². The second-order valence-corrected chi connectivity index (χ2v) is 0. The molecule has 0 aliphatic rings. The van der Waals surface area contributed by atoms with Gasteiger partial charge in [0.15, 0.2) is 0 Å². The van der Waals surface area contributed by atoms with Crippen molar-refractivity contribution in [1.29, 1.82) is 0 Å². The molecule has 0 aromatic rings. The van der Waals surface area contributed by atoms with E-state index in [0.717, 1.165) is 0 Å². The molecule has 0 nitrogen and oxygen atoms in total. The molecule has 0 bridgehead atoms. The summed E-state index contributed by atoms with van der Waals surface area (Å²) < 4.78 is 0. The maximum absolute atomic E-state index is 0. The summed E-state index contributed by atoms with van der Waals surface area (Å²) in [5.41, 5.74) is 0. The number of hydrogen-bond acceptors (Lipinski definition) is 0. The summed E-state index contributed by atoms with van der Waals surface area (Å²) in [5, 5.41) is 0. The molecule has 30 valence electrons. The quantitative estimate of drug-likeness (QED) is 0.502. The fourth-order valence-electron chi connectivity index (χ4n) is 0. The summed E-state index contributed by atoms with van der Waals surface area (Å²) >= 11 is 0. The first-order chi connectivity index (χ1) is 0. The molecule has 0 aliphatic heterocycles. The van der Waals surface area contributed by atoms with Gasteiger partial charge >= 0.3 is 0 Å². The van der Waals surface area contributed by atoms with Crippen molar-refractivity contribution in [2.24, 2.45) is 0 Å². The van der Waals surface area contributed by atoms with Crippen LogP contribution in [0, 0.1) is 0 Å². The van der Waals surface area contributed by atoms with E-state index in [1.807, 2.05) is 0 Å². The van der Waals surface area contributed by atoms with Crippen LogP contribution < -0.4 is 0 Å². The van der Waals surface area contributed by atoms with E-state index < -0.39 is 0 Å².